The van der Waals surface area contributed by atoms with Gasteiger partial charge in [-0.25, -0.2) is 34.7 Å². The predicted molar refractivity (Wildman–Crippen MR) is 248 cm³/mol. The highest BCUT2D eigenvalue weighted by molar-refractivity contribution is 7.22. The molecule has 65 heavy (non-hydrogen) atoms. The van der Waals surface area contributed by atoms with Gasteiger partial charge in [0, 0.05) is 79.3 Å². The molecule has 1 N–H and O–H groups in total. The number of thiophene rings is 1. The Bertz CT molecular complexity index is 2850. The summed E-state index contributed by atoms with van der Waals surface area (Å²) in [6, 6.07) is 14.6. The van der Waals surface area contributed by atoms with Crippen LogP contribution in [0.2, 0.25) is 10.0 Å². The maximum atomic E-state index is 13.3. The molecule has 7 aromatic rings. The van der Waals surface area contributed by atoms with Gasteiger partial charge in [0.25, 0.3) is 0 Å². The van der Waals surface area contributed by atoms with Crippen molar-refractivity contribution in [2.24, 2.45) is 0 Å². The summed E-state index contributed by atoms with van der Waals surface area (Å²) in [4.78, 5) is 46.3. The Morgan fingerprint density at radius 1 is 0.923 bits per heavy atom. The van der Waals surface area contributed by atoms with Gasteiger partial charge in [-0.15, -0.1) is 11.3 Å². The van der Waals surface area contributed by atoms with Crippen molar-refractivity contribution in [2.75, 3.05) is 53.5 Å². The molecule has 18 heteroatoms. The second kappa shape index (κ2) is 19.1. The smallest absolute Gasteiger partial charge is 0.345 e. The first-order valence-corrected chi connectivity index (χ1v) is 22.5. The summed E-state index contributed by atoms with van der Waals surface area (Å²) in [5, 5.41) is 12.0. The van der Waals surface area contributed by atoms with Gasteiger partial charge in [-0.05, 0) is 74.0 Å². The molecule has 10 rings (SSSR count). The van der Waals surface area contributed by atoms with Crippen LogP contribution in [0.15, 0.2) is 79.8 Å². The van der Waals surface area contributed by atoms with Crippen LogP contribution in [-0.4, -0.2) is 116 Å². The van der Waals surface area contributed by atoms with Crippen LogP contribution in [0.25, 0.3) is 43.2 Å². The molecule has 3 aromatic carbocycles. The second-order valence-electron chi connectivity index (χ2n) is 15.8. The van der Waals surface area contributed by atoms with Crippen molar-refractivity contribution < 1.29 is 33.6 Å². The number of nitrogens with zero attached hydrogens (tertiary/aromatic N) is 8. The number of carboxylic acid groups (broad SMARTS) is 1. The van der Waals surface area contributed by atoms with E-state index in [2.05, 4.69) is 41.8 Å². The molecule has 334 valence electrons. The van der Waals surface area contributed by atoms with Crippen LogP contribution in [0, 0.1) is 13.8 Å². The van der Waals surface area contributed by atoms with Crippen LogP contribution in [-0.2, 0) is 17.8 Å². The number of benzene rings is 3. The number of carbonyl (C=O) groups is 1. The number of hydrogen-bond donors (Lipinski definition) is 1. The average Bonchev–Trinajstić information content (AvgIpc) is 3.71. The molecule has 1 fully saturated rings. The minimum absolute atomic E-state index is 0.0472. The van der Waals surface area contributed by atoms with E-state index in [-0.39, 0.29) is 25.5 Å². The molecular formula is C47H44Cl2N8O7S. The predicted octanol–water partition coefficient (Wildman–Crippen LogP) is 8.25. The van der Waals surface area contributed by atoms with E-state index < -0.39 is 18.2 Å². The summed E-state index contributed by atoms with van der Waals surface area (Å²) in [6.07, 6.45) is 5.78. The molecule has 2 atom stereocenters. The number of para-hydroxylation sites is 1. The molecule has 0 unspecified atom stereocenters. The van der Waals surface area contributed by atoms with Crippen LogP contribution < -0.4 is 23.7 Å². The van der Waals surface area contributed by atoms with Crippen LogP contribution in [0.5, 0.6) is 28.9 Å². The van der Waals surface area contributed by atoms with Gasteiger partial charge in [0.1, 0.15) is 54.1 Å². The average molecular weight is 936 g/mol. The van der Waals surface area contributed by atoms with Gasteiger partial charge in [0.2, 0.25) is 12.0 Å². The number of halogens is 2. The Hall–Kier alpha value is -6.17. The van der Waals surface area contributed by atoms with Crippen LogP contribution >= 0.6 is 34.5 Å². The lowest BCUT2D eigenvalue weighted by Crippen LogP contribution is -2.49. The molecule has 3 aliphatic heterocycles. The lowest BCUT2D eigenvalue weighted by Gasteiger charge is -2.35. The highest BCUT2D eigenvalue weighted by Gasteiger charge is 2.32. The number of ether oxygens (including phenoxy) is 5. The summed E-state index contributed by atoms with van der Waals surface area (Å²) in [6.45, 7) is 8.01. The molecule has 1 saturated heterocycles. The monoisotopic (exact) mass is 934 g/mol. The highest BCUT2D eigenvalue weighted by atomic mass is 35.5. The van der Waals surface area contributed by atoms with E-state index in [1.807, 2.05) is 38.1 Å². The number of aliphatic carboxylic acids is 1. The molecule has 4 aromatic heterocycles. The van der Waals surface area contributed by atoms with E-state index in [1.165, 1.54) is 24.0 Å². The second-order valence-corrected chi connectivity index (χ2v) is 17.6. The first kappa shape index (κ1) is 44.1. The fourth-order valence-corrected chi connectivity index (χ4v) is 9.75. The Morgan fingerprint density at radius 3 is 2.45 bits per heavy atom. The topological polar surface area (TPSA) is 167 Å². The summed E-state index contributed by atoms with van der Waals surface area (Å²) in [7, 11) is 3.71. The maximum absolute atomic E-state index is 13.3. The van der Waals surface area contributed by atoms with Gasteiger partial charge in [-0.2, -0.15) is 0 Å². The minimum Gasteiger partial charge on any atom is -0.496 e. The van der Waals surface area contributed by atoms with Crippen molar-refractivity contribution in [3.05, 3.63) is 112 Å². The van der Waals surface area contributed by atoms with Crippen molar-refractivity contribution in [1.29, 1.82) is 0 Å². The number of hydrogen-bond acceptors (Lipinski definition) is 15. The number of carboxylic acids is 1. The molecule has 4 bridgehead atoms. The van der Waals surface area contributed by atoms with Crippen molar-refractivity contribution in [2.45, 2.75) is 39.1 Å². The zero-order valence-electron chi connectivity index (χ0n) is 36.0. The van der Waals surface area contributed by atoms with E-state index in [0.717, 1.165) is 36.6 Å². The molecule has 3 aliphatic rings. The van der Waals surface area contributed by atoms with E-state index in [1.54, 1.807) is 50.0 Å². The zero-order chi connectivity index (χ0) is 45.2. The van der Waals surface area contributed by atoms with Gasteiger partial charge < -0.3 is 33.7 Å². The highest BCUT2D eigenvalue weighted by Crippen LogP contribution is 2.53. The van der Waals surface area contributed by atoms with Crippen molar-refractivity contribution in [1.82, 2.24) is 39.7 Å². The minimum atomic E-state index is -1.45. The molecule has 0 amide bonds. The lowest BCUT2D eigenvalue weighted by atomic mass is 9.92. The van der Waals surface area contributed by atoms with Crippen molar-refractivity contribution in [3.8, 4) is 61.8 Å². The molecule has 0 spiro atoms. The maximum Gasteiger partial charge on any atom is 0.345 e. The number of methoxy groups -OCH3 is 1. The normalized spacial score (nSPS) is 16.9. The number of likely N-dealkylation sites (N-methyl/N-ethyl adjacent to an activating group) is 1. The lowest BCUT2D eigenvalue weighted by molar-refractivity contribution is -0.145. The number of aromatic nitrogens is 6. The number of piperazine rings is 1. The molecule has 0 radical (unpaired) electrons. The van der Waals surface area contributed by atoms with Crippen molar-refractivity contribution in [3.63, 3.8) is 0 Å². The van der Waals surface area contributed by atoms with Crippen molar-refractivity contribution >= 4 is 50.7 Å². The summed E-state index contributed by atoms with van der Waals surface area (Å²) < 4.78 is 31.8. The van der Waals surface area contributed by atoms with Crippen LogP contribution in [0.3, 0.4) is 0 Å². The van der Waals surface area contributed by atoms with Gasteiger partial charge >= 0.3 is 5.97 Å². The van der Waals surface area contributed by atoms with E-state index >= 15 is 0 Å². The Kier molecular flexibility index (Phi) is 13.0. The quantitative estimate of drug-likeness (QED) is 0.147. The molecular weight excluding hydrogens is 892 g/mol. The third-order valence-electron chi connectivity index (χ3n) is 11.5. The standard InChI is InChI=1S/C47H44Cl2N8O7S/c1-26-37-27(2)41(49)42(40(26)48)63-32(21-57-15-13-56(3)14-16-57)23-61-31-9-10-34(62-22-30-11-12-52-44(55-30)33-7-5-6-8-35(33)60-4)28(17-31)18-36(47(58)59)64-45-39-38(37)43(29-19-50-24-51-20-29)65-46(39)54-25-53-45/h5-12,17,19-20,24-25,32,36H,13-16,18,21-23H2,1-4H3,(H,58,59)/t32-,36-/m1/s1. The van der Waals surface area contributed by atoms with Gasteiger partial charge in [0.15, 0.2) is 11.6 Å². The van der Waals surface area contributed by atoms with E-state index in [9.17, 15) is 9.90 Å². The Morgan fingerprint density at radius 2 is 1.69 bits per heavy atom. The Labute approximate surface area is 388 Å². The van der Waals surface area contributed by atoms with Crippen LogP contribution in [0.1, 0.15) is 22.4 Å². The van der Waals surface area contributed by atoms with Crippen LogP contribution in [0.4, 0.5) is 0 Å². The number of rotatable bonds is 9. The first-order chi connectivity index (χ1) is 31.6. The molecule has 7 heterocycles. The fourth-order valence-electron chi connectivity index (χ4n) is 8.12. The number of fused-ring (bicyclic) bond motifs is 7. The fraction of sp³-hybridized carbons (Fsp3) is 0.298. The SMILES string of the molecule is COc1ccccc1-c1nccc(COc2ccc3cc2C[C@H](C(=O)O)Oc2ncnc4sc(-c5cncnc5)c(c24)-c2c(C)c(Cl)c(c(Cl)c2C)O[C@H](CN2CCN(C)CC2)CO3)n1. The zero-order valence-corrected chi connectivity index (χ0v) is 38.3. The summed E-state index contributed by atoms with van der Waals surface area (Å²) in [5.41, 5.74) is 5.24. The van der Waals surface area contributed by atoms with E-state index in [4.69, 9.17) is 51.9 Å². The van der Waals surface area contributed by atoms with Gasteiger partial charge in [-0.3, -0.25) is 4.90 Å². The summed E-state index contributed by atoms with van der Waals surface area (Å²) >= 11 is 16.0. The third-order valence-corrected chi connectivity index (χ3v) is 13.6. The van der Waals surface area contributed by atoms with E-state index in [0.29, 0.717) is 94.7 Å². The largest absolute Gasteiger partial charge is 0.496 e. The van der Waals surface area contributed by atoms with Gasteiger partial charge in [-0.1, -0.05) is 35.3 Å². The first-order valence-electron chi connectivity index (χ1n) is 20.9. The van der Waals surface area contributed by atoms with Gasteiger partial charge in [0.05, 0.1) is 33.8 Å². The Balaban J connectivity index is 1.16. The summed E-state index contributed by atoms with van der Waals surface area (Å²) in [5.74, 6) is 1.15. The molecule has 15 nitrogen and oxygen atoms in total. The molecule has 0 saturated carbocycles. The third kappa shape index (κ3) is 9.22. The molecule has 0 aliphatic carbocycles.